The standard InChI is InChI=1S/C18H12FN3O/c19-15-6-2-1-5-14(15)12-22-17(16-7-3-4-10-21-16)9-8-13(11-20)18(22)23/h1-10H,12H2. The van der Waals surface area contributed by atoms with Crippen LogP contribution >= 0.6 is 0 Å². The summed E-state index contributed by atoms with van der Waals surface area (Å²) in [7, 11) is 0. The zero-order valence-electron chi connectivity index (χ0n) is 12.1. The van der Waals surface area contributed by atoms with Gasteiger partial charge in [0.1, 0.15) is 17.4 Å². The summed E-state index contributed by atoms with van der Waals surface area (Å²) in [5.41, 5.74) is 1.06. The quantitative estimate of drug-likeness (QED) is 0.747. The maximum absolute atomic E-state index is 13.9. The lowest BCUT2D eigenvalue weighted by molar-refractivity contribution is 0.597. The average molecular weight is 305 g/mol. The van der Waals surface area contributed by atoms with Gasteiger partial charge in [0.15, 0.2) is 0 Å². The largest absolute Gasteiger partial charge is 0.301 e. The molecule has 1 aromatic carbocycles. The molecule has 0 amide bonds. The lowest BCUT2D eigenvalue weighted by atomic mass is 10.1. The fraction of sp³-hybridized carbons (Fsp3) is 0.0556. The Kier molecular flexibility index (Phi) is 3.98. The van der Waals surface area contributed by atoms with Crippen molar-refractivity contribution in [3.8, 4) is 17.5 Å². The van der Waals surface area contributed by atoms with E-state index in [1.807, 2.05) is 6.07 Å². The highest BCUT2D eigenvalue weighted by atomic mass is 19.1. The van der Waals surface area contributed by atoms with Crippen molar-refractivity contribution in [3.63, 3.8) is 0 Å². The van der Waals surface area contributed by atoms with Gasteiger partial charge in [-0.1, -0.05) is 24.3 Å². The van der Waals surface area contributed by atoms with E-state index in [-0.39, 0.29) is 12.1 Å². The van der Waals surface area contributed by atoms with E-state index in [0.717, 1.165) is 0 Å². The van der Waals surface area contributed by atoms with Gasteiger partial charge in [0.05, 0.1) is 17.9 Å². The summed E-state index contributed by atoms with van der Waals surface area (Å²) < 4.78 is 15.3. The maximum atomic E-state index is 13.9. The molecule has 0 unspecified atom stereocenters. The van der Waals surface area contributed by atoms with Gasteiger partial charge in [0.2, 0.25) is 0 Å². The summed E-state index contributed by atoms with van der Waals surface area (Å²) in [6.07, 6.45) is 1.62. The summed E-state index contributed by atoms with van der Waals surface area (Å²) in [4.78, 5) is 16.7. The van der Waals surface area contributed by atoms with Crippen LogP contribution in [0.2, 0.25) is 0 Å². The summed E-state index contributed by atoms with van der Waals surface area (Å²) in [5, 5.41) is 9.07. The molecule has 0 fully saturated rings. The van der Waals surface area contributed by atoms with Gasteiger partial charge in [-0.3, -0.25) is 9.78 Å². The van der Waals surface area contributed by atoms with Crippen LogP contribution in [0.3, 0.4) is 0 Å². The number of aromatic nitrogens is 2. The molecule has 2 aromatic heterocycles. The topological polar surface area (TPSA) is 58.7 Å². The molecule has 0 spiro atoms. The van der Waals surface area contributed by atoms with Crippen LogP contribution in [0.1, 0.15) is 11.1 Å². The smallest absolute Gasteiger partial charge is 0.269 e. The first kappa shape index (κ1) is 14.7. The van der Waals surface area contributed by atoms with E-state index in [2.05, 4.69) is 4.98 Å². The molecule has 3 aromatic rings. The molecular weight excluding hydrogens is 293 g/mol. The maximum Gasteiger partial charge on any atom is 0.269 e. The van der Waals surface area contributed by atoms with Gasteiger partial charge in [0.25, 0.3) is 5.56 Å². The van der Waals surface area contributed by atoms with E-state index in [9.17, 15) is 9.18 Å². The molecule has 4 nitrogen and oxygen atoms in total. The van der Waals surface area contributed by atoms with Crippen LogP contribution in [0.15, 0.2) is 65.6 Å². The fourth-order valence-corrected chi connectivity index (χ4v) is 2.36. The van der Waals surface area contributed by atoms with Crippen LogP contribution in [0, 0.1) is 17.1 Å². The molecule has 0 N–H and O–H groups in total. The molecular formula is C18H12FN3O. The number of halogens is 1. The van der Waals surface area contributed by atoms with Crippen molar-refractivity contribution < 1.29 is 4.39 Å². The molecule has 0 saturated carbocycles. The number of hydrogen-bond donors (Lipinski definition) is 0. The first-order valence-corrected chi connectivity index (χ1v) is 6.99. The highest BCUT2D eigenvalue weighted by Crippen LogP contribution is 2.17. The van der Waals surface area contributed by atoms with Crippen molar-refractivity contribution in [2.75, 3.05) is 0 Å². The predicted molar refractivity (Wildman–Crippen MR) is 84.2 cm³/mol. The number of rotatable bonds is 3. The van der Waals surface area contributed by atoms with E-state index in [4.69, 9.17) is 5.26 Å². The molecule has 2 heterocycles. The third-order valence-corrected chi connectivity index (χ3v) is 3.51. The van der Waals surface area contributed by atoms with Crippen molar-refractivity contribution in [3.05, 3.63) is 88.1 Å². The molecule has 0 atom stereocenters. The van der Waals surface area contributed by atoms with Crippen molar-refractivity contribution in [1.82, 2.24) is 9.55 Å². The molecule has 0 radical (unpaired) electrons. The first-order valence-electron chi connectivity index (χ1n) is 6.99. The summed E-state index contributed by atoms with van der Waals surface area (Å²) in [6, 6.07) is 16.6. The van der Waals surface area contributed by atoms with Crippen LogP contribution in [-0.2, 0) is 6.54 Å². The van der Waals surface area contributed by atoms with Crippen LogP contribution in [0.5, 0.6) is 0 Å². The summed E-state index contributed by atoms with van der Waals surface area (Å²) >= 11 is 0. The van der Waals surface area contributed by atoms with Crippen molar-refractivity contribution >= 4 is 0 Å². The Balaban J connectivity index is 2.19. The third-order valence-electron chi connectivity index (χ3n) is 3.51. The highest BCUT2D eigenvalue weighted by Gasteiger charge is 2.13. The van der Waals surface area contributed by atoms with E-state index in [1.165, 1.54) is 16.7 Å². The fourth-order valence-electron chi connectivity index (χ4n) is 2.36. The Morgan fingerprint density at radius 3 is 2.57 bits per heavy atom. The van der Waals surface area contributed by atoms with Crippen molar-refractivity contribution in [2.24, 2.45) is 0 Å². The van der Waals surface area contributed by atoms with Gasteiger partial charge < -0.3 is 4.57 Å². The third kappa shape index (κ3) is 2.87. The molecule has 0 aliphatic heterocycles. The molecule has 0 saturated heterocycles. The number of nitrogens with zero attached hydrogens (tertiary/aromatic N) is 3. The van der Waals surface area contributed by atoms with E-state index in [0.29, 0.717) is 17.0 Å². The molecule has 5 heteroatoms. The van der Waals surface area contributed by atoms with Crippen LogP contribution in [0.4, 0.5) is 4.39 Å². The highest BCUT2D eigenvalue weighted by molar-refractivity contribution is 5.55. The number of hydrogen-bond acceptors (Lipinski definition) is 3. The zero-order valence-corrected chi connectivity index (χ0v) is 12.1. The Hall–Kier alpha value is -3.26. The van der Waals surface area contributed by atoms with Crippen molar-refractivity contribution in [1.29, 1.82) is 5.26 Å². The van der Waals surface area contributed by atoms with Gasteiger partial charge in [-0.2, -0.15) is 5.26 Å². The van der Waals surface area contributed by atoms with Crippen LogP contribution in [0.25, 0.3) is 11.4 Å². The van der Waals surface area contributed by atoms with E-state index >= 15 is 0 Å². The Morgan fingerprint density at radius 1 is 1.09 bits per heavy atom. The molecule has 112 valence electrons. The lowest BCUT2D eigenvalue weighted by Crippen LogP contribution is -2.25. The summed E-state index contributed by atoms with van der Waals surface area (Å²) in [5.74, 6) is -0.395. The van der Waals surface area contributed by atoms with Gasteiger partial charge in [-0.05, 0) is 30.3 Å². The molecule has 0 aliphatic carbocycles. The second-order valence-electron chi connectivity index (χ2n) is 4.94. The minimum atomic E-state index is -0.459. The van der Waals surface area contributed by atoms with Crippen LogP contribution < -0.4 is 5.56 Å². The number of nitriles is 1. The summed E-state index contributed by atoms with van der Waals surface area (Å²) in [6.45, 7) is 0.0347. The minimum Gasteiger partial charge on any atom is -0.301 e. The average Bonchev–Trinajstić information content (AvgIpc) is 2.59. The second kappa shape index (κ2) is 6.24. The first-order chi connectivity index (χ1) is 11.2. The Bertz CT molecular complexity index is 942. The monoisotopic (exact) mass is 305 g/mol. The lowest BCUT2D eigenvalue weighted by Gasteiger charge is -2.13. The minimum absolute atomic E-state index is 0.0148. The second-order valence-corrected chi connectivity index (χ2v) is 4.94. The Morgan fingerprint density at radius 2 is 1.87 bits per heavy atom. The van der Waals surface area contributed by atoms with Gasteiger partial charge >= 0.3 is 0 Å². The number of benzene rings is 1. The normalized spacial score (nSPS) is 10.3. The number of pyridine rings is 2. The SMILES string of the molecule is N#Cc1ccc(-c2ccccn2)n(Cc2ccccc2F)c1=O. The van der Waals surface area contributed by atoms with Gasteiger partial charge in [0, 0.05) is 11.8 Å². The van der Waals surface area contributed by atoms with Crippen molar-refractivity contribution in [2.45, 2.75) is 6.54 Å². The van der Waals surface area contributed by atoms with Gasteiger partial charge in [-0.15, -0.1) is 0 Å². The van der Waals surface area contributed by atoms with Crippen LogP contribution in [-0.4, -0.2) is 9.55 Å². The zero-order chi connectivity index (χ0) is 16.2. The van der Waals surface area contributed by atoms with Gasteiger partial charge in [-0.25, -0.2) is 4.39 Å². The van der Waals surface area contributed by atoms with E-state index in [1.54, 1.807) is 48.7 Å². The Labute approximate surface area is 132 Å². The molecule has 0 aliphatic rings. The molecule has 3 rings (SSSR count). The predicted octanol–water partition coefficient (Wildman–Crippen LogP) is 2.97. The van der Waals surface area contributed by atoms with E-state index < -0.39 is 11.4 Å². The molecule has 23 heavy (non-hydrogen) atoms. The molecule has 0 bridgehead atoms.